The molecule has 1 aliphatic rings. The van der Waals surface area contributed by atoms with Crippen molar-refractivity contribution >= 4 is 5.96 Å². The summed E-state index contributed by atoms with van der Waals surface area (Å²) >= 11 is 0. The van der Waals surface area contributed by atoms with Crippen LogP contribution in [0, 0.1) is 5.92 Å². The molecule has 2 rings (SSSR count). The lowest BCUT2D eigenvalue weighted by molar-refractivity contribution is 0.263. The lowest BCUT2D eigenvalue weighted by Crippen LogP contribution is -2.46. The number of para-hydroxylation sites is 1. The number of nitrogens with zero attached hydrogens (tertiary/aromatic N) is 2. The zero-order valence-electron chi connectivity index (χ0n) is 13.9. The number of likely N-dealkylation sites (N-methyl/N-ethyl adjacent to an activating group) is 1. The van der Waals surface area contributed by atoms with Crippen LogP contribution < -0.4 is 15.4 Å². The first-order valence-corrected chi connectivity index (χ1v) is 7.99. The topological polar surface area (TPSA) is 48.9 Å². The number of guanidine groups is 1. The Labute approximate surface area is 133 Å². The smallest absolute Gasteiger partial charge is 0.191 e. The van der Waals surface area contributed by atoms with Crippen molar-refractivity contribution in [3.05, 3.63) is 30.3 Å². The molecule has 0 radical (unpaired) electrons. The Morgan fingerprint density at radius 2 is 2.00 bits per heavy atom. The average molecular weight is 304 g/mol. The number of benzene rings is 1. The highest BCUT2D eigenvalue weighted by atomic mass is 16.5. The minimum Gasteiger partial charge on any atom is -0.492 e. The van der Waals surface area contributed by atoms with Crippen LogP contribution >= 0.6 is 0 Å². The van der Waals surface area contributed by atoms with Crippen LogP contribution in [0.15, 0.2) is 35.3 Å². The third-order valence-corrected chi connectivity index (χ3v) is 3.94. The van der Waals surface area contributed by atoms with Crippen molar-refractivity contribution in [3.63, 3.8) is 0 Å². The van der Waals surface area contributed by atoms with Crippen molar-refractivity contribution in [2.75, 3.05) is 40.8 Å². The maximum atomic E-state index is 5.66. The molecule has 1 atom stereocenters. The number of rotatable bonds is 8. The van der Waals surface area contributed by atoms with Gasteiger partial charge in [-0.25, -0.2) is 0 Å². The summed E-state index contributed by atoms with van der Waals surface area (Å²) in [5, 5.41) is 6.70. The lowest BCUT2D eigenvalue weighted by Gasteiger charge is -2.25. The maximum Gasteiger partial charge on any atom is 0.191 e. The summed E-state index contributed by atoms with van der Waals surface area (Å²) in [5.74, 6) is 2.57. The Kier molecular flexibility index (Phi) is 6.52. The molecular weight excluding hydrogens is 276 g/mol. The van der Waals surface area contributed by atoms with Gasteiger partial charge in [0.15, 0.2) is 5.96 Å². The van der Waals surface area contributed by atoms with Gasteiger partial charge in [0, 0.05) is 19.6 Å². The van der Waals surface area contributed by atoms with Gasteiger partial charge in [-0.3, -0.25) is 4.99 Å². The Balaban J connectivity index is 1.64. The molecule has 5 nitrogen and oxygen atoms in total. The highest BCUT2D eigenvalue weighted by Gasteiger charge is 2.32. The summed E-state index contributed by atoms with van der Waals surface area (Å²) in [6.45, 7) is 2.27. The molecule has 0 aromatic heterocycles. The molecule has 1 fully saturated rings. The van der Waals surface area contributed by atoms with E-state index in [1.807, 2.05) is 30.3 Å². The van der Waals surface area contributed by atoms with E-state index in [0.717, 1.165) is 30.7 Å². The van der Waals surface area contributed by atoms with Crippen LogP contribution in [0.25, 0.3) is 0 Å². The quantitative estimate of drug-likeness (QED) is 0.435. The minimum atomic E-state index is 0.583. The normalized spacial score (nSPS) is 16.5. The Morgan fingerprint density at radius 1 is 1.27 bits per heavy atom. The van der Waals surface area contributed by atoms with Gasteiger partial charge in [0.1, 0.15) is 12.4 Å². The predicted molar refractivity (Wildman–Crippen MR) is 91.5 cm³/mol. The number of nitrogens with one attached hydrogen (secondary N) is 2. The fourth-order valence-electron chi connectivity index (χ4n) is 2.53. The lowest BCUT2D eigenvalue weighted by atomic mass is 10.1. The van der Waals surface area contributed by atoms with E-state index in [2.05, 4.69) is 34.6 Å². The van der Waals surface area contributed by atoms with Gasteiger partial charge in [-0.1, -0.05) is 18.2 Å². The third kappa shape index (κ3) is 5.56. The summed E-state index contributed by atoms with van der Waals surface area (Å²) in [6, 6.07) is 10.4. The second-order valence-electron chi connectivity index (χ2n) is 5.91. The molecule has 2 N–H and O–H groups in total. The van der Waals surface area contributed by atoms with E-state index in [1.165, 1.54) is 12.8 Å². The van der Waals surface area contributed by atoms with Crippen LogP contribution in [0.4, 0.5) is 0 Å². The molecule has 1 unspecified atom stereocenters. The molecule has 1 aliphatic carbocycles. The van der Waals surface area contributed by atoms with Crippen molar-refractivity contribution in [2.24, 2.45) is 10.9 Å². The van der Waals surface area contributed by atoms with Crippen LogP contribution in [0.1, 0.15) is 12.8 Å². The van der Waals surface area contributed by atoms with Gasteiger partial charge in [0.2, 0.25) is 0 Å². The van der Waals surface area contributed by atoms with Gasteiger partial charge < -0.3 is 20.3 Å². The Bertz CT molecular complexity index is 455. The molecule has 22 heavy (non-hydrogen) atoms. The number of hydrogen-bond acceptors (Lipinski definition) is 3. The summed E-state index contributed by atoms with van der Waals surface area (Å²) in [4.78, 5) is 6.57. The summed E-state index contributed by atoms with van der Waals surface area (Å²) in [6.07, 6.45) is 2.70. The SMILES string of the molecule is CN=C(NCCOc1ccccc1)NCC(C1CC1)N(C)C. The molecule has 122 valence electrons. The van der Waals surface area contributed by atoms with Crippen molar-refractivity contribution in [1.82, 2.24) is 15.5 Å². The van der Waals surface area contributed by atoms with E-state index in [1.54, 1.807) is 7.05 Å². The minimum absolute atomic E-state index is 0.583. The first kappa shape index (κ1) is 16.6. The van der Waals surface area contributed by atoms with Crippen molar-refractivity contribution in [3.8, 4) is 5.75 Å². The molecule has 5 heteroatoms. The zero-order chi connectivity index (χ0) is 15.8. The summed E-state index contributed by atoms with van der Waals surface area (Å²) in [5.41, 5.74) is 0. The summed E-state index contributed by atoms with van der Waals surface area (Å²) < 4.78 is 5.66. The van der Waals surface area contributed by atoms with E-state index in [-0.39, 0.29) is 0 Å². The molecule has 0 saturated heterocycles. The first-order valence-electron chi connectivity index (χ1n) is 7.99. The van der Waals surface area contributed by atoms with E-state index in [9.17, 15) is 0 Å². The highest BCUT2D eigenvalue weighted by Crippen LogP contribution is 2.34. The number of ether oxygens (including phenoxy) is 1. The number of hydrogen-bond donors (Lipinski definition) is 2. The van der Waals surface area contributed by atoms with E-state index >= 15 is 0 Å². The van der Waals surface area contributed by atoms with Crippen LogP contribution in [-0.4, -0.2) is 57.7 Å². The van der Waals surface area contributed by atoms with Crippen molar-refractivity contribution in [1.29, 1.82) is 0 Å². The van der Waals surface area contributed by atoms with Crippen molar-refractivity contribution < 1.29 is 4.74 Å². The molecule has 1 aromatic carbocycles. The van der Waals surface area contributed by atoms with Crippen LogP contribution in [0.2, 0.25) is 0 Å². The van der Waals surface area contributed by atoms with Gasteiger partial charge in [-0.15, -0.1) is 0 Å². The van der Waals surface area contributed by atoms with E-state index < -0.39 is 0 Å². The molecule has 0 bridgehead atoms. The monoisotopic (exact) mass is 304 g/mol. The van der Waals surface area contributed by atoms with Crippen LogP contribution in [0.3, 0.4) is 0 Å². The molecule has 0 amide bonds. The third-order valence-electron chi connectivity index (χ3n) is 3.94. The fourth-order valence-corrected chi connectivity index (χ4v) is 2.53. The molecule has 0 spiro atoms. The van der Waals surface area contributed by atoms with Crippen LogP contribution in [-0.2, 0) is 0 Å². The average Bonchev–Trinajstić information content (AvgIpc) is 3.35. The Morgan fingerprint density at radius 3 is 2.59 bits per heavy atom. The molecule has 1 saturated carbocycles. The predicted octanol–water partition coefficient (Wildman–Crippen LogP) is 1.57. The number of aliphatic imine (C=N–C) groups is 1. The van der Waals surface area contributed by atoms with Gasteiger partial charge in [0.25, 0.3) is 0 Å². The Hall–Kier alpha value is -1.75. The highest BCUT2D eigenvalue weighted by molar-refractivity contribution is 5.79. The molecular formula is C17H28N4O. The standard InChI is InChI=1S/C17H28N4O/c1-18-17(20-13-16(21(2)3)14-9-10-14)19-11-12-22-15-7-5-4-6-8-15/h4-8,14,16H,9-13H2,1-3H3,(H2,18,19,20). The molecule has 0 aliphatic heterocycles. The van der Waals surface area contributed by atoms with Crippen LogP contribution in [0.5, 0.6) is 5.75 Å². The van der Waals surface area contributed by atoms with Gasteiger partial charge in [-0.2, -0.15) is 0 Å². The second kappa shape index (κ2) is 8.63. The molecule has 0 heterocycles. The fraction of sp³-hybridized carbons (Fsp3) is 0.588. The van der Waals surface area contributed by atoms with Crippen molar-refractivity contribution in [2.45, 2.75) is 18.9 Å². The largest absolute Gasteiger partial charge is 0.492 e. The van der Waals surface area contributed by atoms with E-state index in [4.69, 9.17) is 4.74 Å². The van der Waals surface area contributed by atoms with Gasteiger partial charge >= 0.3 is 0 Å². The molecule has 1 aromatic rings. The first-order chi connectivity index (χ1) is 10.7. The van der Waals surface area contributed by atoms with E-state index in [0.29, 0.717) is 12.6 Å². The van der Waals surface area contributed by atoms with Gasteiger partial charge in [-0.05, 0) is 45.0 Å². The second-order valence-corrected chi connectivity index (χ2v) is 5.91. The zero-order valence-corrected chi connectivity index (χ0v) is 13.9. The summed E-state index contributed by atoms with van der Waals surface area (Å²) in [7, 11) is 6.10. The van der Waals surface area contributed by atoms with Gasteiger partial charge in [0.05, 0.1) is 6.54 Å². The maximum absolute atomic E-state index is 5.66.